The van der Waals surface area contributed by atoms with E-state index in [0.29, 0.717) is 19.6 Å². The summed E-state index contributed by atoms with van der Waals surface area (Å²) in [5.74, 6) is -0.397. The van der Waals surface area contributed by atoms with Gasteiger partial charge in [-0.05, 0) is 31.0 Å². The third kappa shape index (κ3) is 3.19. The molecule has 23 heavy (non-hydrogen) atoms. The number of nitrogens with zero attached hydrogens (tertiary/aromatic N) is 2. The van der Waals surface area contributed by atoms with Gasteiger partial charge in [0.15, 0.2) is 0 Å². The predicted molar refractivity (Wildman–Crippen MR) is 85.0 cm³/mol. The highest BCUT2D eigenvalue weighted by atomic mass is 16.2. The molecule has 122 valence electrons. The zero-order chi connectivity index (χ0) is 16.6. The number of carbonyl (C=O) groups is 3. The third-order valence-electron chi connectivity index (χ3n) is 4.29. The van der Waals surface area contributed by atoms with Crippen LogP contribution in [-0.2, 0) is 9.59 Å². The average molecular weight is 316 g/mol. The lowest BCUT2D eigenvalue weighted by Gasteiger charge is -2.34. The maximum atomic E-state index is 12.2. The van der Waals surface area contributed by atoms with Gasteiger partial charge in [0.1, 0.15) is 6.04 Å². The van der Waals surface area contributed by atoms with Crippen LogP contribution in [0.25, 0.3) is 0 Å². The summed E-state index contributed by atoms with van der Waals surface area (Å²) in [5, 5.41) is 5.22. The Morgan fingerprint density at radius 2 is 2.09 bits per heavy atom. The zero-order valence-electron chi connectivity index (χ0n) is 13.3. The number of carbonyl (C=O) groups excluding carboxylic acids is 3. The summed E-state index contributed by atoms with van der Waals surface area (Å²) in [4.78, 5) is 39.0. The second-order valence-electron chi connectivity index (χ2n) is 6.11. The lowest BCUT2D eigenvalue weighted by molar-refractivity contribution is -0.124. The van der Waals surface area contributed by atoms with Gasteiger partial charge in [-0.3, -0.25) is 19.8 Å². The van der Waals surface area contributed by atoms with Crippen LogP contribution >= 0.6 is 0 Å². The molecule has 0 aliphatic carbocycles. The third-order valence-corrected chi connectivity index (χ3v) is 4.29. The molecule has 7 heteroatoms. The van der Waals surface area contributed by atoms with Crippen molar-refractivity contribution in [2.45, 2.75) is 19.9 Å². The van der Waals surface area contributed by atoms with Crippen molar-refractivity contribution in [1.29, 1.82) is 0 Å². The molecule has 1 aromatic carbocycles. The quantitative estimate of drug-likeness (QED) is 0.795. The van der Waals surface area contributed by atoms with Gasteiger partial charge in [-0.1, -0.05) is 12.1 Å². The molecule has 0 aromatic heterocycles. The van der Waals surface area contributed by atoms with E-state index in [1.807, 2.05) is 36.9 Å². The lowest BCUT2D eigenvalue weighted by atomic mass is 10.1. The van der Waals surface area contributed by atoms with Crippen LogP contribution in [0.3, 0.4) is 0 Å². The average Bonchev–Trinajstić information content (AvgIpc) is 2.77. The molecule has 0 radical (unpaired) electrons. The number of anilines is 1. The summed E-state index contributed by atoms with van der Waals surface area (Å²) in [7, 11) is 0. The number of benzene rings is 1. The van der Waals surface area contributed by atoms with Gasteiger partial charge >= 0.3 is 6.03 Å². The van der Waals surface area contributed by atoms with Crippen molar-refractivity contribution in [2.24, 2.45) is 0 Å². The number of imide groups is 1. The molecule has 4 amide bonds. The Kier molecular flexibility index (Phi) is 4.04. The summed E-state index contributed by atoms with van der Waals surface area (Å²) in [6.45, 7) is 5.56. The first kappa shape index (κ1) is 15.5. The summed E-state index contributed by atoms with van der Waals surface area (Å²) in [5.41, 5.74) is 2.90. The Balaban J connectivity index is 1.59. The van der Waals surface area contributed by atoms with E-state index < -0.39 is 6.04 Å². The minimum atomic E-state index is -0.482. The van der Waals surface area contributed by atoms with Crippen molar-refractivity contribution in [3.8, 4) is 0 Å². The van der Waals surface area contributed by atoms with Crippen LogP contribution in [0, 0.1) is 13.8 Å². The van der Waals surface area contributed by atoms with Gasteiger partial charge < -0.3 is 10.2 Å². The number of piperazine rings is 1. The highest BCUT2D eigenvalue weighted by Crippen LogP contribution is 2.18. The van der Waals surface area contributed by atoms with Gasteiger partial charge in [0.05, 0.1) is 6.54 Å². The summed E-state index contributed by atoms with van der Waals surface area (Å²) in [6, 6.07) is 5.09. The Bertz CT molecular complexity index is 673. The molecule has 2 fully saturated rings. The molecule has 0 saturated carbocycles. The van der Waals surface area contributed by atoms with Gasteiger partial charge in [-0.25, -0.2) is 4.79 Å². The molecular formula is C16H20N4O3. The fourth-order valence-electron chi connectivity index (χ4n) is 2.97. The van der Waals surface area contributed by atoms with Gasteiger partial charge in [0.25, 0.3) is 5.91 Å². The van der Waals surface area contributed by atoms with Gasteiger partial charge in [-0.15, -0.1) is 0 Å². The van der Waals surface area contributed by atoms with Crippen LogP contribution in [0.15, 0.2) is 18.2 Å². The first-order valence-corrected chi connectivity index (χ1v) is 7.65. The Morgan fingerprint density at radius 1 is 1.30 bits per heavy atom. The van der Waals surface area contributed by atoms with Gasteiger partial charge in [-0.2, -0.15) is 0 Å². The monoisotopic (exact) mass is 316 g/mol. The van der Waals surface area contributed by atoms with Crippen molar-refractivity contribution < 1.29 is 14.4 Å². The molecule has 0 unspecified atom stereocenters. The van der Waals surface area contributed by atoms with E-state index >= 15 is 0 Å². The molecule has 0 spiro atoms. The maximum absolute atomic E-state index is 12.2. The molecule has 1 atom stereocenters. The number of hydrogen-bond donors (Lipinski definition) is 2. The Morgan fingerprint density at radius 3 is 2.87 bits per heavy atom. The summed E-state index contributed by atoms with van der Waals surface area (Å²) >= 11 is 0. The Hall–Kier alpha value is -2.41. The fourth-order valence-corrected chi connectivity index (χ4v) is 2.97. The topological polar surface area (TPSA) is 81.8 Å². The van der Waals surface area contributed by atoms with Crippen LogP contribution in [0.2, 0.25) is 0 Å². The number of fused-ring (bicyclic) bond motifs is 1. The summed E-state index contributed by atoms with van der Waals surface area (Å²) < 4.78 is 0. The van der Waals surface area contributed by atoms with Crippen molar-refractivity contribution in [3.05, 3.63) is 29.3 Å². The smallest absolute Gasteiger partial charge is 0.324 e. The highest BCUT2D eigenvalue weighted by molar-refractivity contribution is 6.04. The van der Waals surface area contributed by atoms with Gasteiger partial charge in [0, 0.05) is 25.3 Å². The van der Waals surface area contributed by atoms with Crippen LogP contribution in [0.5, 0.6) is 0 Å². The van der Waals surface area contributed by atoms with Crippen molar-refractivity contribution >= 4 is 23.5 Å². The van der Waals surface area contributed by atoms with Crippen LogP contribution < -0.4 is 10.6 Å². The molecule has 2 heterocycles. The van der Waals surface area contributed by atoms with Crippen molar-refractivity contribution in [3.63, 3.8) is 0 Å². The van der Waals surface area contributed by atoms with E-state index in [2.05, 4.69) is 10.6 Å². The maximum Gasteiger partial charge on any atom is 0.324 e. The highest BCUT2D eigenvalue weighted by Gasteiger charge is 2.42. The number of rotatable bonds is 3. The number of amides is 4. The van der Waals surface area contributed by atoms with E-state index in [-0.39, 0.29) is 24.4 Å². The molecule has 2 aliphatic rings. The molecule has 7 nitrogen and oxygen atoms in total. The first-order chi connectivity index (χ1) is 10.9. The first-order valence-electron chi connectivity index (χ1n) is 7.65. The fraction of sp³-hybridized carbons (Fsp3) is 0.438. The standard InChI is InChI=1S/C16H20N4O3/c1-10-3-4-11(2)12(7-10)17-14(21)9-19-5-6-20-13(8-19)15(22)18-16(20)23/h3-4,7,13H,5-6,8-9H2,1-2H3,(H,17,21)(H,18,22,23)/t13-/m1/s1. The lowest BCUT2D eigenvalue weighted by Crippen LogP contribution is -2.54. The zero-order valence-corrected chi connectivity index (χ0v) is 13.3. The van der Waals surface area contributed by atoms with E-state index in [4.69, 9.17) is 0 Å². The minimum absolute atomic E-state index is 0.114. The summed E-state index contributed by atoms with van der Waals surface area (Å²) in [6.07, 6.45) is 0. The van der Waals surface area contributed by atoms with E-state index in [9.17, 15) is 14.4 Å². The Labute approximate surface area is 134 Å². The number of urea groups is 1. The normalized spacial score (nSPS) is 21.1. The largest absolute Gasteiger partial charge is 0.325 e. The van der Waals surface area contributed by atoms with E-state index in [0.717, 1.165) is 16.8 Å². The predicted octanol–water partition coefficient (Wildman–Crippen LogP) is 0.478. The molecule has 0 bridgehead atoms. The molecular weight excluding hydrogens is 296 g/mol. The molecule has 2 aliphatic heterocycles. The number of aryl methyl sites for hydroxylation is 2. The number of nitrogens with one attached hydrogen (secondary N) is 2. The second-order valence-corrected chi connectivity index (χ2v) is 6.11. The molecule has 2 N–H and O–H groups in total. The second kappa shape index (κ2) is 6.00. The van der Waals surface area contributed by atoms with Crippen molar-refractivity contribution in [1.82, 2.24) is 15.1 Å². The SMILES string of the molecule is Cc1ccc(C)c(NC(=O)CN2CCN3C(=O)NC(=O)[C@H]3C2)c1. The van der Waals surface area contributed by atoms with Crippen molar-refractivity contribution in [2.75, 3.05) is 31.5 Å². The van der Waals surface area contributed by atoms with Gasteiger partial charge in [0.2, 0.25) is 5.91 Å². The molecule has 1 aromatic rings. The number of hydrogen-bond acceptors (Lipinski definition) is 4. The minimum Gasteiger partial charge on any atom is -0.325 e. The molecule has 3 rings (SSSR count). The van der Waals surface area contributed by atoms with Crippen LogP contribution in [0.4, 0.5) is 10.5 Å². The van der Waals surface area contributed by atoms with E-state index in [1.165, 1.54) is 4.90 Å². The van der Waals surface area contributed by atoms with Crippen LogP contribution in [-0.4, -0.2) is 59.9 Å². The van der Waals surface area contributed by atoms with E-state index in [1.54, 1.807) is 0 Å². The molecule has 2 saturated heterocycles. The van der Waals surface area contributed by atoms with Crippen LogP contribution in [0.1, 0.15) is 11.1 Å².